The fraction of sp³-hybridized carbons (Fsp3) is 0.364. The Hall–Kier alpha value is -2.03. The molecule has 104 valence electrons. The van der Waals surface area contributed by atoms with E-state index in [0.29, 0.717) is 18.7 Å². The van der Waals surface area contributed by atoms with Crippen LogP contribution in [0.2, 0.25) is 0 Å². The van der Waals surface area contributed by atoms with Crippen LogP contribution in [-0.4, -0.2) is 54.6 Å². The molecule has 1 unspecified atom stereocenters. The van der Waals surface area contributed by atoms with Gasteiger partial charge in [-0.1, -0.05) is 0 Å². The minimum Gasteiger partial charge on any atom is -0.481 e. The molecule has 0 aromatic carbocycles. The zero-order valence-electron chi connectivity index (χ0n) is 10.2. The molecule has 8 nitrogen and oxygen atoms in total. The Labute approximate surface area is 121 Å². The Morgan fingerprint density at radius 3 is 2.95 bits per heavy atom. The third-order valence-corrected chi connectivity index (χ3v) is 3.59. The van der Waals surface area contributed by atoms with Gasteiger partial charge in [0.25, 0.3) is 11.7 Å². The molecule has 3 heterocycles. The number of hydrogen-bond acceptors (Lipinski definition) is 5. The van der Waals surface area contributed by atoms with E-state index in [1.54, 1.807) is 12.4 Å². The van der Waals surface area contributed by atoms with Crippen LogP contribution in [0.15, 0.2) is 16.9 Å². The van der Waals surface area contributed by atoms with Gasteiger partial charge in [0.15, 0.2) is 0 Å². The number of carboxylic acid groups (broad SMARTS) is 1. The number of aliphatic carboxylic acids is 1. The molecule has 1 aliphatic rings. The van der Waals surface area contributed by atoms with E-state index >= 15 is 0 Å². The molecular formula is C11H10BrN5O3. The third kappa shape index (κ3) is 2.24. The van der Waals surface area contributed by atoms with Gasteiger partial charge < -0.3 is 10.0 Å². The third-order valence-electron chi connectivity index (χ3n) is 3.18. The first-order valence-electron chi connectivity index (χ1n) is 5.94. The maximum Gasteiger partial charge on any atom is 0.308 e. The number of fused-ring (bicyclic) bond motifs is 1. The zero-order valence-corrected chi connectivity index (χ0v) is 11.8. The zero-order chi connectivity index (χ0) is 14.3. The second-order valence-corrected chi connectivity index (χ2v) is 5.44. The SMILES string of the molecule is O=C(O)C1CCN(C(=O)c2nc3ncc(Br)cn3n2)C1. The lowest BCUT2D eigenvalue weighted by molar-refractivity contribution is -0.141. The number of halogens is 1. The van der Waals surface area contributed by atoms with Gasteiger partial charge in [0, 0.05) is 25.5 Å². The Morgan fingerprint density at radius 1 is 1.45 bits per heavy atom. The van der Waals surface area contributed by atoms with Crippen LogP contribution in [0.4, 0.5) is 0 Å². The van der Waals surface area contributed by atoms with Gasteiger partial charge in [-0.3, -0.25) is 9.59 Å². The Kier molecular flexibility index (Phi) is 3.13. The summed E-state index contributed by atoms with van der Waals surface area (Å²) in [5.41, 5.74) is 0. The smallest absolute Gasteiger partial charge is 0.308 e. The highest BCUT2D eigenvalue weighted by atomic mass is 79.9. The summed E-state index contributed by atoms with van der Waals surface area (Å²) in [5, 5.41) is 13.0. The number of nitrogens with zero attached hydrogens (tertiary/aromatic N) is 5. The van der Waals surface area contributed by atoms with E-state index in [1.807, 2.05) is 0 Å². The van der Waals surface area contributed by atoms with E-state index in [1.165, 1.54) is 9.42 Å². The summed E-state index contributed by atoms with van der Waals surface area (Å²) in [6.45, 7) is 0.601. The number of carboxylic acids is 1. The maximum atomic E-state index is 12.2. The predicted molar refractivity (Wildman–Crippen MR) is 70.1 cm³/mol. The number of amides is 1. The molecule has 0 saturated carbocycles. The van der Waals surface area contributed by atoms with E-state index in [-0.39, 0.29) is 18.3 Å². The van der Waals surface area contributed by atoms with Gasteiger partial charge in [0.1, 0.15) is 0 Å². The van der Waals surface area contributed by atoms with Crippen LogP contribution in [0.3, 0.4) is 0 Å². The summed E-state index contributed by atoms with van der Waals surface area (Å²) in [7, 11) is 0. The molecule has 9 heteroatoms. The van der Waals surface area contributed by atoms with Crippen molar-refractivity contribution in [2.45, 2.75) is 6.42 Å². The number of likely N-dealkylation sites (tertiary alicyclic amines) is 1. The topological polar surface area (TPSA) is 101 Å². The lowest BCUT2D eigenvalue weighted by Gasteiger charge is -2.12. The summed E-state index contributed by atoms with van der Waals surface area (Å²) >= 11 is 3.26. The molecule has 0 radical (unpaired) electrons. The second kappa shape index (κ2) is 4.82. The number of rotatable bonds is 2. The van der Waals surface area contributed by atoms with Crippen molar-refractivity contribution in [2.75, 3.05) is 13.1 Å². The Balaban J connectivity index is 1.84. The molecular weight excluding hydrogens is 330 g/mol. The van der Waals surface area contributed by atoms with Crippen molar-refractivity contribution < 1.29 is 14.7 Å². The summed E-state index contributed by atoms with van der Waals surface area (Å²) < 4.78 is 2.13. The molecule has 1 amide bonds. The largest absolute Gasteiger partial charge is 0.481 e. The second-order valence-electron chi connectivity index (χ2n) is 4.53. The summed E-state index contributed by atoms with van der Waals surface area (Å²) in [6.07, 6.45) is 3.67. The van der Waals surface area contributed by atoms with Crippen molar-refractivity contribution in [3.05, 3.63) is 22.7 Å². The fourth-order valence-corrected chi connectivity index (χ4v) is 2.43. The highest BCUT2D eigenvalue weighted by Gasteiger charge is 2.32. The van der Waals surface area contributed by atoms with Crippen LogP contribution >= 0.6 is 15.9 Å². The van der Waals surface area contributed by atoms with E-state index in [0.717, 1.165) is 4.47 Å². The highest BCUT2D eigenvalue weighted by molar-refractivity contribution is 9.10. The quantitative estimate of drug-likeness (QED) is 0.851. The average Bonchev–Trinajstić information content (AvgIpc) is 3.03. The monoisotopic (exact) mass is 339 g/mol. The van der Waals surface area contributed by atoms with Crippen LogP contribution in [0, 0.1) is 5.92 Å². The van der Waals surface area contributed by atoms with Crippen molar-refractivity contribution >= 4 is 33.6 Å². The molecule has 1 saturated heterocycles. The van der Waals surface area contributed by atoms with Gasteiger partial charge in [-0.2, -0.15) is 4.98 Å². The van der Waals surface area contributed by atoms with Gasteiger partial charge >= 0.3 is 5.97 Å². The predicted octanol–water partition coefficient (Wildman–Crippen LogP) is 0.433. The first-order chi connectivity index (χ1) is 9.54. The molecule has 2 aromatic heterocycles. The lowest BCUT2D eigenvalue weighted by atomic mass is 10.1. The minimum absolute atomic E-state index is 0.0293. The fourth-order valence-electron chi connectivity index (χ4n) is 2.14. The van der Waals surface area contributed by atoms with Gasteiger partial charge in [-0.25, -0.2) is 9.50 Å². The number of aromatic nitrogens is 4. The van der Waals surface area contributed by atoms with Crippen LogP contribution in [-0.2, 0) is 4.79 Å². The number of carbonyl (C=O) groups is 2. The van der Waals surface area contributed by atoms with Crippen molar-refractivity contribution in [3.63, 3.8) is 0 Å². The molecule has 0 aliphatic carbocycles. The lowest BCUT2D eigenvalue weighted by Crippen LogP contribution is -2.30. The van der Waals surface area contributed by atoms with Crippen LogP contribution in [0.1, 0.15) is 17.0 Å². The number of hydrogen-bond donors (Lipinski definition) is 1. The molecule has 1 fully saturated rings. The van der Waals surface area contributed by atoms with Crippen LogP contribution in [0.5, 0.6) is 0 Å². The van der Waals surface area contributed by atoms with Gasteiger partial charge in [0.05, 0.1) is 10.4 Å². The molecule has 1 aliphatic heterocycles. The molecule has 1 N–H and O–H groups in total. The van der Waals surface area contributed by atoms with Crippen molar-refractivity contribution in [1.82, 2.24) is 24.5 Å². The molecule has 0 bridgehead atoms. The summed E-state index contributed by atoms with van der Waals surface area (Å²) in [4.78, 5) is 32.7. The van der Waals surface area contributed by atoms with Crippen molar-refractivity contribution in [3.8, 4) is 0 Å². The van der Waals surface area contributed by atoms with E-state index in [9.17, 15) is 9.59 Å². The van der Waals surface area contributed by atoms with Gasteiger partial charge in [0.2, 0.25) is 5.82 Å². The van der Waals surface area contributed by atoms with Gasteiger partial charge in [-0.15, -0.1) is 5.10 Å². The standard InChI is InChI=1S/C11H10BrN5O3/c12-7-3-13-11-14-8(15-17(11)5-7)9(18)16-2-1-6(4-16)10(19)20/h3,5-6H,1-2,4H2,(H,19,20). The molecule has 3 rings (SSSR count). The van der Waals surface area contributed by atoms with Gasteiger partial charge in [-0.05, 0) is 22.4 Å². The Morgan fingerprint density at radius 2 is 2.25 bits per heavy atom. The molecule has 0 spiro atoms. The molecule has 20 heavy (non-hydrogen) atoms. The highest BCUT2D eigenvalue weighted by Crippen LogP contribution is 2.18. The van der Waals surface area contributed by atoms with E-state index < -0.39 is 11.9 Å². The van der Waals surface area contributed by atoms with Crippen molar-refractivity contribution in [1.29, 1.82) is 0 Å². The first-order valence-corrected chi connectivity index (χ1v) is 6.74. The maximum absolute atomic E-state index is 12.2. The van der Waals surface area contributed by atoms with Crippen LogP contribution < -0.4 is 0 Å². The summed E-state index contributed by atoms with van der Waals surface area (Å²) in [5.74, 6) is -1.40. The molecule has 1 atom stereocenters. The normalized spacial score (nSPS) is 18.6. The van der Waals surface area contributed by atoms with E-state index in [4.69, 9.17) is 5.11 Å². The first kappa shape index (κ1) is 13.0. The summed E-state index contributed by atoms with van der Waals surface area (Å²) in [6, 6.07) is 0. The van der Waals surface area contributed by atoms with E-state index in [2.05, 4.69) is 31.0 Å². The number of carbonyl (C=O) groups excluding carboxylic acids is 1. The average molecular weight is 340 g/mol. The Bertz CT molecular complexity index is 700. The minimum atomic E-state index is -0.881. The molecule has 2 aromatic rings. The van der Waals surface area contributed by atoms with Crippen LogP contribution in [0.25, 0.3) is 5.78 Å². The van der Waals surface area contributed by atoms with Crippen molar-refractivity contribution in [2.24, 2.45) is 5.92 Å².